The second-order valence-corrected chi connectivity index (χ2v) is 11.0. The Morgan fingerprint density at radius 2 is 1.82 bits per heavy atom. The van der Waals surface area contributed by atoms with Crippen molar-refractivity contribution in [3.8, 4) is 0 Å². The van der Waals surface area contributed by atoms with Gasteiger partial charge in [0.15, 0.2) is 0 Å². The van der Waals surface area contributed by atoms with Crippen LogP contribution in [0.4, 0.5) is 4.79 Å². The van der Waals surface area contributed by atoms with Gasteiger partial charge in [-0.3, -0.25) is 4.79 Å². The van der Waals surface area contributed by atoms with E-state index in [1.807, 2.05) is 0 Å². The lowest BCUT2D eigenvalue weighted by Gasteiger charge is -2.41. The molecule has 3 atom stereocenters. The Bertz CT molecular complexity index is 900. The van der Waals surface area contributed by atoms with Crippen LogP contribution in [0.5, 0.6) is 0 Å². The maximum Gasteiger partial charge on any atom is 0.510 e. The van der Waals surface area contributed by atoms with Crippen LogP contribution < -0.4 is 0 Å². The van der Waals surface area contributed by atoms with E-state index in [4.69, 9.17) is 19.2 Å². The number of aliphatic imine (C=N–C) groups is 1. The van der Waals surface area contributed by atoms with Gasteiger partial charge >= 0.3 is 12.1 Å². The summed E-state index contributed by atoms with van der Waals surface area (Å²) < 4.78 is 15.5. The molecule has 1 aromatic rings. The average Bonchev–Trinajstić information content (AvgIpc) is 3.25. The lowest BCUT2D eigenvalue weighted by atomic mass is 9.74. The van der Waals surface area contributed by atoms with E-state index in [1.165, 1.54) is 32.6 Å². The maximum absolute atomic E-state index is 12.3. The lowest BCUT2D eigenvalue weighted by Crippen LogP contribution is -2.50. The summed E-state index contributed by atoms with van der Waals surface area (Å²) in [5.74, 6) is 0.839. The number of aryl methyl sites for hydroxylation is 1. The number of hydrogen-bond donors (Lipinski definition) is 0. The third kappa shape index (κ3) is 7.95. The number of nitrogens with zero attached hydrogens (tertiary/aromatic N) is 3. The monoisotopic (exact) mass is 529 g/mol. The molecule has 0 saturated heterocycles. The highest BCUT2D eigenvalue weighted by Crippen LogP contribution is 2.41. The Kier molecular flexibility index (Phi) is 11.4. The lowest BCUT2D eigenvalue weighted by molar-refractivity contribution is -0.143. The SMILES string of the molecule is CCCN1C=NC(CCC(=O)OC)(OC(=O)OC)C1CC1CCC(C(CCc2ccccc2)N(C)C)CC1. The second kappa shape index (κ2) is 14.5. The fraction of sp³-hybridized carbons (Fsp3) is 0.700. The van der Waals surface area contributed by atoms with Gasteiger partial charge in [0.05, 0.1) is 33.0 Å². The molecule has 1 saturated carbocycles. The van der Waals surface area contributed by atoms with Crippen molar-refractivity contribution in [2.24, 2.45) is 16.8 Å². The van der Waals surface area contributed by atoms with Gasteiger partial charge in [-0.1, -0.05) is 50.1 Å². The largest absolute Gasteiger partial charge is 0.510 e. The molecular weight excluding hydrogens is 482 g/mol. The van der Waals surface area contributed by atoms with Crippen LogP contribution in [0.1, 0.15) is 70.3 Å². The molecule has 0 radical (unpaired) electrons. The summed E-state index contributed by atoms with van der Waals surface area (Å²) in [6.45, 7) is 2.94. The molecule has 0 bridgehead atoms. The fourth-order valence-electron chi connectivity index (χ4n) is 6.33. The summed E-state index contributed by atoms with van der Waals surface area (Å²) in [5, 5.41) is 0. The molecule has 0 spiro atoms. The molecule has 2 aliphatic rings. The summed E-state index contributed by atoms with van der Waals surface area (Å²) in [6, 6.07) is 11.2. The molecule has 8 heteroatoms. The van der Waals surface area contributed by atoms with Crippen LogP contribution in [0.25, 0.3) is 0 Å². The molecule has 0 amide bonds. The number of esters is 1. The molecule has 1 heterocycles. The first-order valence-electron chi connectivity index (χ1n) is 14.2. The normalized spacial score (nSPS) is 25.8. The van der Waals surface area contributed by atoms with Gasteiger partial charge in [0, 0.05) is 19.0 Å². The topological polar surface area (TPSA) is 80.7 Å². The van der Waals surface area contributed by atoms with E-state index in [0.29, 0.717) is 17.9 Å². The van der Waals surface area contributed by atoms with E-state index in [9.17, 15) is 9.59 Å². The number of rotatable bonds is 13. The first-order valence-corrected chi connectivity index (χ1v) is 14.2. The Balaban J connectivity index is 1.67. The van der Waals surface area contributed by atoms with Crippen molar-refractivity contribution in [2.45, 2.75) is 88.9 Å². The van der Waals surface area contributed by atoms with Gasteiger partial charge in [0.1, 0.15) is 0 Å². The van der Waals surface area contributed by atoms with Crippen molar-refractivity contribution in [1.29, 1.82) is 0 Å². The zero-order chi connectivity index (χ0) is 27.5. The summed E-state index contributed by atoms with van der Waals surface area (Å²) in [5.41, 5.74) is 0.258. The summed E-state index contributed by atoms with van der Waals surface area (Å²) in [6.07, 6.45) is 10.2. The number of ether oxygens (including phenoxy) is 3. The summed E-state index contributed by atoms with van der Waals surface area (Å²) >= 11 is 0. The van der Waals surface area contributed by atoms with E-state index in [0.717, 1.165) is 45.1 Å². The highest BCUT2D eigenvalue weighted by atomic mass is 16.7. The van der Waals surface area contributed by atoms with E-state index in [1.54, 1.807) is 6.34 Å². The minimum absolute atomic E-state index is 0.125. The molecule has 0 aromatic heterocycles. The molecule has 212 valence electrons. The van der Waals surface area contributed by atoms with Gasteiger partial charge < -0.3 is 24.0 Å². The third-order valence-electron chi connectivity index (χ3n) is 8.40. The Labute approximate surface area is 228 Å². The number of hydrogen-bond acceptors (Lipinski definition) is 8. The first kappa shape index (κ1) is 29.9. The Morgan fingerprint density at radius 3 is 2.42 bits per heavy atom. The molecular formula is C30H47N3O5. The van der Waals surface area contributed by atoms with Crippen molar-refractivity contribution >= 4 is 18.5 Å². The maximum atomic E-state index is 12.3. The van der Waals surface area contributed by atoms with Crippen LogP contribution in [0.3, 0.4) is 0 Å². The molecule has 1 fully saturated rings. The molecule has 1 aliphatic heterocycles. The number of methoxy groups -OCH3 is 2. The minimum Gasteiger partial charge on any atom is -0.469 e. The Morgan fingerprint density at radius 1 is 1.11 bits per heavy atom. The molecule has 0 N–H and O–H groups in total. The van der Waals surface area contributed by atoms with Crippen LogP contribution >= 0.6 is 0 Å². The van der Waals surface area contributed by atoms with Crippen molar-refractivity contribution in [3.63, 3.8) is 0 Å². The van der Waals surface area contributed by atoms with Crippen LogP contribution in [0.15, 0.2) is 35.3 Å². The van der Waals surface area contributed by atoms with Gasteiger partial charge in [0.2, 0.25) is 5.72 Å². The zero-order valence-electron chi connectivity index (χ0n) is 23.9. The predicted molar refractivity (Wildman–Crippen MR) is 149 cm³/mol. The van der Waals surface area contributed by atoms with Gasteiger partial charge in [-0.2, -0.15) is 0 Å². The predicted octanol–water partition coefficient (Wildman–Crippen LogP) is 5.30. The number of benzene rings is 1. The van der Waals surface area contributed by atoms with E-state index in [2.05, 4.69) is 61.2 Å². The molecule has 38 heavy (non-hydrogen) atoms. The third-order valence-corrected chi connectivity index (χ3v) is 8.40. The summed E-state index contributed by atoms with van der Waals surface area (Å²) in [4.78, 5) is 33.6. The van der Waals surface area contributed by atoms with Crippen LogP contribution in [-0.4, -0.2) is 80.9 Å². The Hall–Kier alpha value is -2.61. The highest BCUT2D eigenvalue weighted by Gasteiger charge is 2.50. The molecule has 8 nitrogen and oxygen atoms in total. The first-order chi connectivity index (χ1) is 18.3. The van der Waals surface area contributed by atoms with Crippen LogP contribution in [-0.2, 0) is 25.4 Å². The van der Waals surface area contributed by atoms with Gasteiger partial charge in [-0.25, -0.2) is 9.79 Å². The molecule has 3 unspecified atom stereocenters. The van der Waals surface area contributed by atoms with Crippen molar-refractivity contribution in [1.82, 2.24) is 9.80 Å². The van der Waals surface area contributed by atoms with Gasteiger partial charge in [-0.05, 0) is 70.0 Å². The second-order valence-electron chi connectivity index (χ2n) is 11.0. The molecule has 1 aromatic carbocycles. The smallest absolute Gasteiger partial charge is 0.469 e. The fourth-order valence-corrected chi connectivity index (χ4v) is 6.33. The van der Waals surface area contributed by atoms with Crippen molar-refractivity contribution in [2.75, 3.05) is 34.9 Å². The standard InChI is InChI=1S/C30H47N3O5/c1-6-20-33-22-31-30(38-29(35)37-5,19-18-28(34)36-4)27(33)21-24-12-15-25(16-13-24)26(32(2)3)17-14-23-10-8-7-9-11-23/h7-11,22,24-27H,6,12-21H2,1-5H3. The van der Waals surface area contributed by atoms with Crippen LogP contribution in [0.2, 0.25) is 0 Å². The van der Waals surface area contributed by atoms with Gasteiger partial charge in [-0.15, -0.1) is 0 Å². The minimum atomic E-state index is -1.14. The quantitative estimate of drug-likeness (QED) is 0.321. The average molecular weight is 530 g/mol. The van der Waals surface area contributed by atoms with Crippen molar-refractivity contribution < 1.29 is 23.8 Å². The van der Waals surface area contributed by atoms with E-state index in [-0.39, 0.29) is 24.9 Å². The zero-order valence-corrected chi connectivity index (χ0v) is 23.9. The summed E-state index contributed by atoms with van der Waals surface area (Å²) in [7, 11) is 7.09. The molecule has 1 aliphatic carbocycles. The number of carbonyl (C=O) groups is 2. The van der Waals surface area contributed by atoms with E-state index < -0.39 is 11.9 Å². The highest BCUT2D eigenvalue weighted by molar-refractivity contribution is 5.70. The van der Waals surface area contributed by atoms with E-state index >= 15 is 0 Å². The van der Waals surface area contributed by atoms with Crippen LogP contribution in [0, 0.1) is 11.8 Å². The van der Waals surface area contributed by atoms with Crippen molar-refractivity contribution in [3.05, 3.63) is 35.9 Å². The molecule has 3 rings (SSSR count). The van der Waals surface area contributed by atoms with Gasteiger partial charge in [0.25, 0.3) is 0 Å². The number of carbonyl (C=O) groups excluding carboxylic acids is 2.